The molecule has 1 aliphatic carbocycles. The average molecular weight is 218 g/mol. The van der Waals surface area contributed by atoms with Crippen LogP contribution in [0.25, 0.3) is 0 Å². The topological polar surface area (TPSA) is 24.9 Å². The first-order chi connectivity index (χ1) is 7.85. The van der Waals surface area contributed by atoms with E-state index in [1.165, 1.54) is 43.4 Å². The van der Waals surface area contributed by atoms with Crippen LogP contribution >= 0.6 is 0 Å². The molecule has 1 unspecified atom stereocenters. The van der Waals surface area contributed by atoms with Crippen LogP contribution in [0.5, 0.6) is 0 Å². The van der Waals surface area contributed by atoms with Crippen molar-refractivity contribution >= 4 is 0 Å². The third-order valence-corrected chi connectivity index (χ3v) is 3.62. The van der Waals surface area contributed by atoms with Crippen LogP contribution in [0.3, 0.4) is 0 Å². The van der Waals surface area contributed by atoms with Crippen molar-refractivity contribution in [1.29, 1.82) is 0 Å². The van der Waals surface area contributed by atoms with Crippen molar-refractivity contribution in [2.45, 2.75) is 58.0 Å². The van der Waals surface area contributed by atoms with Crippen molar-refractivity contribution in [2.24, 2.45) is 0 Å². The molecule has 0 fully saturated rings. The van der Waals surface area contributed by atoms with Crippen molar-refractivity contribution in [3.05, 3.63) is 29.6 Å². The maximum Gasteiger partial charge on any atom is 0.0605 e. The number of nitrogens with one attached hydrogen (secondary N) is 1. The summed E-state index contributed by atoms with van der Waals surface area (Å²) in [5.74, 6) is 0. The Morgan fingerprint density at radius 3 is 3.00 bits per heavy atom. The molecule has 0 saturated carbocycles. The highest BCUT2D eigenvalue weighted by Crippen LogP contribution is 2.28. The van der Waals surface area contributed by atoms with Crippen LogP contribution in [0.15, 0.2) is 18.3 Å². The lowest BCUT2D eigenvalue weighted by atomic mass is 9.91. The number of rotatable bonds is 4. The lowest BCUT2D eigenvalue weighted by Gasteiger charge is -2.28. The zero-order valence-corrected chi connectivity index (χ0v) is 10.4. The lowest BCUT2D eigenvalue weighted by molar-refractivity contribution is 0.373. The van der Waals surface area contributed by atoms with Crippen LogP contribution < -0.4 is 5.32 Å². The molecule has 1 heterocycles. The van der Waals surface area contributed by atoms with Gasteiger partial charge in [0.25, 0.3) is 0 Å². The number of pyridine rings is 1. The molecule has 2 nitrogen and oxygen atoms in total. The second-order valence-corrected chi connectivity index (χ2v) is 4.67. The van der Waals surface area contributed by atoms with E-state index >= 15 is 0 Å². The molecule has 88 valence electrons. The first-order valence-electron chi connectivity index (χ1n) is 6.55. The summed E-state index contributed by atoms with van der Waals surface area (Å²) in [5, 5.41) is 3.75. The van der Waals surface area contributed by atoms with Crippen molar-refractivity contribution < 1.29 is 0 Å². The summed E-state index contributed by atoms with van der Waals surface area (Å²) in [6.45, 7) is 4.51. The standard InChI is InChI=1S/C14H22N2/c1-3-12(4-2)16-13-9-5-7-11-8-6-10-15-14(11)13/h6,8,10,12-13,16H,3-5,7,9H2,1-2H3. The van der Waals surface area contributed by atoms with Gasteiger partial charge in [-0.05, 0) is 43.7 Å². The number of aromatic nitrogens is 1. The monoisotopic (exact) mass is 218 g/mol. The van der Waals surface area contributed by atoms with Gasteiger partial charge < -0.3 is 5.32 Å². The molecule has 1 aliphatic rings. The highest BCUT2D eigenvalue weighted by atomic mass is 15.0. The molecule has 0 radical (unpaired) electrons. The molecule has 2 heteroatoms. The second kappa shape index (κ2) is 5.44. The second-order valence-electron chi connectivity index (χ2n) is 4.67. The van der Waals surface area contributed by atoms with Gasteiger partial charge in [-0.1, -0.05) is 19.9 Å². The summed E-state index contributed by atoms with van der Waals surface area (Å²) in [5.41, 5.74) is 2.73. The number of aryl methyl sites for hydroxylation is 1. The third-order valence-electron chi connectivity index (χ3n) is 3.62. The van der Waals surface area contributed by atoms with Crippen LogP contribution in [0.4, 0.5) is 0 Å². The number of fused-ring (bicyclic) bond motifs is 1. The van der Waals surface area contributed by atoms with Crippen LogP contribution in [0.1, 0.15) is 56.8 Å². The Morgan fingerprint density at radius 2 is 2.25 bits per heavy atom. The molecule has 16 heavy (non-hydrogen) atoms. The molecular formula is C14H22N2. The van der Waals surface area contributed by atoms with Gasteiger partial charge in [-0.25, -0.2) is 0 Å². The molecular weight excluding hydrogens is 196 g/mol. The van der Waals surface area contributed by atoms with Gasteiger partial charge in [-0.2, -0.15) is 0 Å². The van der Waals surface area contributed by atoms with E-state index in [0.717, 1.165) is 0 Å². The summed E-state index contributed by atoms with van der Waals surface area (Å²) in [6, 6.07) is 5.40. The van der Waals surface area contributed by atoms with Crippen LogP contribution in [0.2, 0.25) is 0 Å². The fourth-order valence-electron chi connectivity index (χ4n) is 2.58. The van der Waals surface area contributed by atoms with Crippen LogP contribution in [-0.4, -0.2) is 11.0 Å². The molecule has 1 atom stereocenters. The molecule has 0 aromatic carbocycles. The number of nitrogens with zero attached hydrogens (tertiary/aromatic N) is 1. The first-order valence-corrected chi connectivity index (χ1v) is 6.55. The lowest BCUT2D eigenvalue weighted by Crippen LogP contribution is -2.34. The van der Waals surface area contributed by atoms with Crippen molar-refractivity contribution in [3.8, 4) is 0 Å². The SMILES string of the molecule is CCC(CC)NC1CCCc2cccnc21. The van der Waals surface area contributed by atoms with Gasteiger partial charge in [-0.3, -0.25) is 4.98 Å². The quantitative estimate of drug-likeness (QED) is 0.839. The highest BCUT2D eigenvalue weighted by molar-refractivity contribution is 5.25. The third kappa shape index (κ3) is 2.43. The molecule has 0 saturated heterocycles. The van der Waals surface area contributed by atoms with E-state index in [2.05, 4.69) is 36.3 Å². The Hall–Kier alpha value is -0.890. The maximum atomic E-state index is 4.56. The molecule has 1 aromatic rings. The van der Waals surface area contributed by atoms with Crippen molar-refractivity contribution in [2.75, 3.05) is 0 Å². The predicted molar refractivity (Wildman–Crippen MR) is 67.4 cm³/mol. The van der Waals surface area contributed by atoms with E-state index in [1.807, 2.05) is 6.20 Å². The Labute approximate surface area is 98.5 Å². The molecule has 0 amide bonds. The van der Waals surface area contributed by atoms with E-state index in [1.54, 1.807) is 0 Å². The summed E-state index contributed by atoms with van der Waals surface area (Å²) >= 11 is 0. The minimum atomic E-state index is 0.481. The van der Waals surface area contributed by atoms with Crippen LogP contribution in [-0.2, 0) is 6.42 Å². The van der Waals surface area contributed by atoms with Gasteiger partial charge in [0, 0.05) is 18.3 Å². The van der Waals surface area contributed by atoms with Gasteiger partial charge in [0.2, 0.25) is 0 Å². The Balaban J connectivity index is 2.12. The van der Waals surface area contributed by atoms with E-state index in [-0.39, 0.29) is 0 Å². The zero-order valence-electron chi connectivity index (χ0n) is 10.4. The fourth-order valence-corrected chi connectivity index (χ4v) is 2.58. The summed E-state index contributed by atoms with van der Waals surface area (Å²) in [7, 11) is 0. The highest BCUT2D eigenvalue weighted by Gasteiger charge is 2.22. The Morgan fingerprint density at radius 1 is 1.44 bits per heavy atom. The largest absolute Gasteiger partial charge is 0.306 e. The smallest absolute Gasteiger partial charge is 0.0605 e. The zero-order chi connectivity index (χ0) is 11.4. The first kappa shape index (κ1) is 11.6. The maximum absolute atomic E-state index is 4.56. The normalized spacial score (nSPS) is 19.8. The Kier molecular flexibility index (Phi) is 3.94. The van der Waals surface area contributed by atoms with Gasteiger partial charge in [0.1, 0.15) is 0 Å². The van der Waals surface area contributed by atoms with Gasteiger partial charge in [-0.15, -0.1) is 0 Å². The average Bonchev–Trinajstić information content (AvgIpc) is 2.36. The van der Waals surface area contributed by atoms with Crippen LogP contribution in [0, 0.1) is 0 Å². The molecule has 0 bridgehead atoms. The van der Waals surface area contributed by atoms with E-state index < -0.39 is 0 Å². The fraction of sp³-hybridized carbons (Fsp3) is 0.643. The van der Waals surface area contributed by atoms with Crippen molar-refractivity contribution in [3.63, 3.8) is 0 Å². The van der Waals surface area contributed by atoms with E-state index in [4.69, 9.17) is 0 Å². The minimum Gasteiger partial charge on any atom is -0.306 e. The number of hydrogen-bond acceptors (Lipinski definition) is 2. The summed E-state index contributed by atoms with van der Waals surface area (Å²) < 4.78 is 0. The summed E-state index contributed by atoms with van der Waals surface area (Å²) in [4.78, 5) is 4.56. The Bertz CT molecular complexity index is 331. The van der Waals surface area contributed by atoms with E-state index in [0.29, 0.717) is 12.1 Å². The molecule has 2 rings (SSSR count). The predicted octanol–water partition coefficient (Wildman–Crippen LogP) is 3.24. The van der Waals surface area contributed by atoms with E-state index in [9.17, 15) is 0 Å². The van der Waals surface area contributed by atoms with Gasteiger partial charge in [0.05, 0.1) is 5.69 Å². The molecule has 1 N–H and O–H groups in total. The minimum absolute atomic E-state index is 0.481. The van der Waals surface area contributed by atoms with Gasteiger partial charge >= 0.3 is 0 Å². The molecule has 0 spiro atoms. The van der Waals surface area contributed by atoms with Crippen molar-refractivity contribution in [1.82, 2.24) is 10.3 Å². The number of hydrogen-bond donors (Lipinski definition) is 1. The molecule has 1 aromatic heterocycles. The summed E-state index contributed by atoms with van der Waals surface area (Å²) in [6.07, 6.45) is 8.05. The molecule has 0 aliphatic heterocycles. The van der Waals surface area contributed by atoms with Gasteiger partial charge in [0.15, 0.2) is 0 Å².